The summed E-state index contributed by atoms with van der Waals surface area (Å²) in [6.45, 7) is 2.17. The molecule has 4 aromatic carbocycles. The van der Waals surface area contributed by atoms with Crippen molar-refractivity contribution >= 4 is 28.3 Å². The average molecular weight is 425 g/mol. The molecule has 0 bridgehead atoms. The molecule has 2 amide bonds. The van der Waals surface area contributed by atoms with Crippen LogP contribution in [0.25, 0.3) is 10.8 Å². The van der Waals surface area contributed by atoms with E-state index < -0.39 is 0 Å². The molecule has 0 unspecified atom stereocenters. The number of anilines is 1. The molecule has 0 aliphatic heterocycles. The summed E-state index contributed by atoms with van der Waals surface area (Å²) in [5.41, 5.74) is 3.08. The van der Waals surface area contributed by atoms with E-state index in [1.165, 1.54) is 0 Å². The molecule has 0 fully saturated rings. The van der Waals surface area contributed by atoms with Crippen molar-refractivity contribution < 1.29 is 14.3 Å². The van der Waals surface area contributed by atoms with Gasteiger partial charge in [0.2, 0.25) is 0 Å². The molecule has 0 aliphatic rings. The minimum absolute atomic E-state index is 0.185. The minimum Gasteiger partial charge on any atom is -0.483 e. The van der Waals surface area contributed by atoms with Crippen LogP contribution < -0.4 is 15.4 Å². The predicted molar refractivity (Wildman–Crippen MR) is 127 cm³/mol. The molecule has 5 heteroatoms. The molecule has 2 N–H and O–H groups in total. The molecular formula is C27H24N2O3. The van der Waals surface area contributed by atoms with Crippen LogP contribution in [0.5, 0.6) is 5.75 Å². The number of hydrogen-bond donors (Lipinski definition) is 2. The van der Waals surface area contributed by atoms with Crippen molar-refractivity contribution in [1.82, 2.24) is 5.32 Å². The maximum atomic E-state index is 13.1. The summed E-state index contributed by atoms with van der Waals surface area (Å²) in [6.07, 6.45) is 0. The summed E-state index contributed by atoms with van der Waals surface area (Å²) in [6, 6.07) is 28.6. The highest BCUT2D eigenvalue weighted by atomic mass is 16.5. The minimum atomic E-state index is -0.287. The number of carbonyl (C=O) groups excluding carboxylic acids is 2. The maximum Gasteiger partial charge on any atom is 0.259 e. The highest BCUT2D eigenvalue weighted by molar-refractivity contribution is 6.09. The van der Waals surface area contributed by atoms with Crippen LogP contribution in [0.3, 0.4) is 0 Å². The van der Waals surface area contributed by atoms with Crippen molar-refractivity contribution in [3.63, 3.8) is 0 Å². The third kappa shape index (κ3) is 5.13. The van der Waals surface area contributed by atoms with E-state index in [-0.39, 0.29) is 18.4 Å². The summed E-state index contributed by atoms with van der Waals surface area (Å²) >= 11 is 0. The summed E-state index contributed by atoms with van der Waals surface area (Å²) in [5.74, 6) is -0.179. The highest BCUT2D eigenvalue weighted by Gasteiger charge is 2.16. The fraction of sp³-hybridized carbons (Fsp3) is 0.111. The standard InChI is InChI=1S/C27H24N2O3/c1-19-9-5-8-14-24(19)29-27(31)23-15-21-12-6-7-13-22(21)16-25(23)32-18-26(30)28-17-20-10-3-2-4-11-20/h2-16H,17-18H2,1H3,(H,28,30)(H,29,31). The van der Waals surface area contributed by atoms with Gasteiger partial charge in [-0.25, -0.2) is 0 Å². The molecule has 160 valence electrons. The van der Waals surface area contributed by atoms with E-state index >= 15 is 0 Å². The normalized spacial score (nSPS) is 10.5. The number of aryl methyl sites for hydroxylation is 1. The van der Waals surface area contributed by atoms with E-state index in [2.05, 4.69) is 10.6 Å². The van der Waals surface area contributed by atoms with Crippen LogP contribution in [0.1, 0.15) is 21.5 Å². The Morgan fingerprint density at radius 2 is 1.47 bits per heavy atom. The van der Waals surface area contributed by atoms with Gasteiger partial charge in [-0.3, -0.25) is 9.59 Å². The van der Waals surface area contributed by atoms with E-state index in [1.54, 1.807) is 12.1 Å². The van der Waals surface area contributed by atoms with Crippen molar-refractivity contribution in [2.75, 3.05) is 11.9 Å². The van der Waals surface area contributed by atoms with Crippen LogP contribution in [0.4, 0.5) is 5.69 Å². The predicted octanol–water partition coefficient (Wildman–Crippen LogP) is 5.10. The van der Waals surface area contributed by atoms with Gasteiger partial charge in [-0.15, -0.1) is 0 Å². The second-order valence-electron chi connectivity index (χ2n) is 7.52. The zero-order valence-corrected chi connectivity index (χ0v) is 17.8. The van der Waals surface area contributed by atoms with Gasteiger partial charge < -0.3 is 15.4 Å². The topological polar surface area (TPSA) is 67.4 Å². The Kier molecular flexibility index (Phi) is 6.46. The first-order valence-corrected chi connectivity index (χ1v) is 10.4. The first kappa shape index (κ1) is 21.1. The smallest absolute Gasteiger partial charge is 0.259 e. The van der Waals surface area contributed by atoms with E-state index in [4.69, 9.17) is 4.74 Å². The van der Waals surface area contributed by atoms with Crippen LogP contribution in [-0.4, -0.2) is 18.4 Å². The lowest BCUT2D eigenvalue weighted by molar-refractivity contribution is -0.123. The van der Waals surface area contributed by atoms with Gasteiger partial charge in [-0.05, 0) is 47.0 Å². The number of benzene rings is 4. The first-order valence-electron chi connectivity index (χ1n) is 10.4. The molecule has 0 radical (unpaired) electrons. The molecule has 0 heterocycles. The fourth-order valence-electron chi connectivity index (χ4n) is 3.41. The zero-order valence-electron chi connectivity index (χ0n) is 17.8. The Labute approximate surface area is 187 Å². The van der Waals surface area contributed by atoms with Gasteiger partial charge >= 0.3 is 0 Å². The molecule has 32 heavy (non-hydrogen) atoms. The SMILES string of the molecule is Cc1ccccc1NC(=O)c1cc2ccccc2cc1OCC(=O)NCc1ccccc1. The van der Waals surface area contributed by atoms with Gasteiger partial charge in [0.1, 0.15) is 5.75 Å². The Bertz CT molecular complexity index is 1250. The summed E-state index contributed by atoms with van der Waals surface area (Å²) in [4.78, 5) is 25.4. The lowest BCUT2D eigenvalue weighted by atomic mass is 10.0. The number of nitrogens with one attached hydrogen (secondary N) is 2. The number of para-hydroxylation sites is 1. The molecule has 0 saturated carbocycles. The van der Waals surface area contributed by atoms with Crippen LogP contribution >= 0.6 is 0 Å². The lowest BCUT2D eigenvalue weighted by Gasteiger charge is -2.14. The third-order valence-electron chi connectivity index (χ3n) is 5.18. The lowest BCUT2D eigenvalue weighted by Crippen LogP contribution is -2.28. The van der Waals surface area contributed by atoms with Gasteiger partial charge in [0.05, 0.1) is 5.56 Å². The van der Waals surface area contributed by atoms with Gasteiger partial charge in [-0.2, -0.15) is 0 Å². The first-order chi connectivity index (χ1) is 15.6. The zero-order chi connectivity index (χ0) is 22.3. The quantitative estimate of drug-likeness (QED) is 0.434. The van der Waals surface area contributed by atoms with Crippen molar-refractivity contribution in [2.45, 2.75) is 13.5 Å². The fourth-order valence-corrected chi connectivity index (χ4v) is 3.41. The van der Waals surface area contributed by atoms with E-state index in [1.807, 2.05) is 85.8 Å². The molecule has 4 aromatic rings. The number of hydrogen-bond acceptors (Lipinski definition) is 3. The molecule has 0 saturated heterocycles. The summed E-state index contributed by atoms with van der Waals surface area (Å²) in [5, 5.41) is 7.63. The molecule has 5 nitrogen and oxygen atoms in total. The number of ether oxygens (including phenoxy) is 1. The van der Waals surface area contributed by atoms with Crippen molar-refractivity contribution in [3.05, 3.63) is 108 Å². The molecule has 0 aliphatic carbocycles. The number of carbonyl (C=O) groups is 2. The second-order valence-corrected chi connectivity index (χ2v) is 7.52. The van der Waals surface area contributed by atoms with Crippen LogP contribution in [0.2, 0.25) is 0 Å². The Morgan fingerprint density at radius 3 is 2.22 bits per heavy atom. The molecule has 0 atom stereocenters. The Morgan fingerprint density at radius 1 is 0.812 bits per heavy atom. The van der Waals surface area contributed by atoms with Gasteiger partial charge in [0.15, 0.2) is 6.61 Å². The highest BCUT2D eigenvalue weighted by Crippen LogP contribution is 2.27. The Hall–Kier alpha value is -4.12. The van der Waals surface area contributed by atoms with Gasteiger partial charge in [0.25, 0.3) is 11.8 Å². The van der Waals surface area contributed by atoms with Crippen molar-refractivity contribution in [3.8, 4) is 5.75 Å². The van der Waals surface area contributed by atoms with Gasteiger partial charge in [-0.1, -0.05) is 72.8 Å². The molecule has 0 spiro atoms. The van der Waals surface area contributed by atoms with Crippen LogP contribution in [-0.2, 0) is 11.3 Å². The van der Waals surface area contributed by atoms with Crippen LogP contribution in [0.15, 0.2) is 91.0 Å². The van der Waals surface area contributed by atoms with Crippen LogP contribution in [0, 0.1) is 6.92 Å². The number of fused-ring (bicyclic) bond motifs is 1. The van der Waals surface area contributed by atoms with E-state index in [0.717, 1.165) is 27.6 Å². The summed E-state index contributed by atoms with van der Waals surface area (Å²) in [7, 11) is 0. The maximum absolute atomic E-state index is 13.1. The van der Waals surface area contributed by atoms with Gasteiger partial charge in [0, 0.05) is 12.2 Å². The number of amides is 2. The Balaban J connectivity index is 1.52. The van der Waals surface area contributed by atoms with E-state index in [0.29, 0.717) is 17.9 Å². The second kappa shape index (κ2) is 9.79. The van der Waals surface area contributed by atoms with Crippen molar-refractivity contribution in [2.24, 2.45) is 0 Å². The molecule has 0 aromatic heterocycles. The average Bonchev–Trinajstić information content (AvgIpc) is 2.83. The third-order valence-corrected chi connectivity index (χ3v) is 5.18. The monoisotopic (exact) mass is 424 g/mol. The molecular weight excluding hydrogens is 400 g/mol. The number of rotatable bonds is 7. The van der Waals surface area contributed by atoms with E-state index in [9.17, 15) is 9.59 Å². The largest absolute Gasteiger partial charge is 0.483 e. The van der Waals surface area contributed by atoms with Crippen molar-refractivity contribution in [1.29, 1.82) is 0 Å². The molecule has 4 rings (SSSR count). The summed E-state index contributed by atoms with van der Waals surface area (Å²) < 4.78 is 5.81.